The third-order valence-electron chi connectivity index (χ3n) is 9.33. The van der Waals surface area contributed by atoms with Crippen molar-refractivity contribution in [1.82, 2.24) is 0 Å². The van der Waals surface area contributed by atoms with Gasteiger partial charge in [-0.05, 0) is 60.2 Å². The fraction of sp³-hybridized carbons (Fsp3) is 0.459. The van der Waals surface area contributed by atoms with Crippen LogP contribution in [-0.2, 0) is 25.2 Å². The zero-order valence-electron chi connectivity index (χ0n) is 25.9. The van der Waals surface area contributed by atoms with Crippen molar-refractivity contribution in [2.75, 3.05) is 13.2 Å². The summed E-state index contributed by atoms with van der Waals surface area (Å²) in [6, 6.07) is 31.2. The molecule has 1 heterocycles. The SMILES string of the molecule is CC(C)(C)[Si](C)(C)OCC1(C(C#Cc2ccccc2)OCc2ccccc2)COC2(CCC(c3ccccc3)CC2)O1. The Morgan fingerprint density at radius 3 is 2.10 bits per heavy atom. The van der Waals surface area contributed by atoms with Gasteiger partial charge in [0.15, 0.2) is 25.8 Å². The van der Waals surface area contributed by atoms with Crippen molar-refractivity contribution in [1.29, 1.82) is 0 Å². The lowest BCUT2D eigenvalue weighted by atomic mass is 9.81. The molecule has 3 aromatic carbocycles. The average molecular weight is 583 g/mol. The van der Waals surface area contributed by atoms with Crippen LogP contribution in [0.25, 0.3) is 0 Å². The second-order valence-corrected chi connectivity index (χ2v) is 18.2. The number of benzene rings is 3. The van der Waals surface area contributed by atoms with Gasteiger partial charge in [-0.1, -0.05) is 111 Å². The highest BCUT2D eigenvalue weighted by molar-refractivity contribution is 6.74. The summed E-state index contributed by atoms with van der Waals surface area (Å²) < 4.78 is 27.4. The first-order valence-corrected chi connectivity index (χ1v) is 18.3. The van der Waals surface area contributed by atoms with Crippen LogP contribution in [0.2, 0.25) is 18.1 Å². The van der Waals surface area contributed by atoms with Gasteiger partial charge < -0.3 is 18.6 Å². The molecule has 42 heavy (non-hydrogen) atoms. The highest BCUT2D eigenvalue weighted by Crippen LogP contribution is 2.48. The molecule has 0 amide bonds. The molecule has 5 heteroatoms. The number of hydrogen-bond donors (Lipinski definition) is 0. The Balaban J connectivity index is 1.44. The second kappa shape index (κ2) is 12.9. The fourth-order valence-electron chi connectivity index (χ4n) is 5.59. The van der Waals surface area contributed by atoms with E-state index in [4.69, 9.17) is 18.6 Å². The van der Waals surface area contributed by atoms with Crippen LogP contribution in [0.3, 0.4) is 0 Å². The minimum Gasteiger partial charge on any atom is -0.414 e. The Morgan fingerprint density at radius 2 is 1.48 bits per heavy atom. The van der Waals surface area contributed by atoms with E-state index in [1.807, 2.05) is 48.5 Å². The first-order chi connectivity index (χ1) is 20.1. The molecule has 5 rings (SSSR count). The largest absolute Gasteiger partial charge is 0.414 e. The van der Waals surface area contributed by atoms with Crippen molar-refractivity contribution in [2.45, 2.75) is 94.6 Å². The van der Waals surface area contributed by atoms with Crippen molar-refractivity contribution in [2.24, 2.45) is 0 Å². The van der Waals surface area contributed by atoms with Crippen LogP contribution in [-0.4, -0.2) is 39.0 Å². The molecular weight excluding hydrogens is 536 g/mol. The van der Waals surface area contributed by atoms with Crippen LogP contribution < -0.4 is 0 Å². The standard InChI is InChI=1S/C37H46O4Si/c1-35(2,3)42(4,5)40-29-36(28-39-37(41-36)25-23-33(24-26-37)32-19-13-8-14-20-32)34(22-21-30-15-9-6-10-16-30)38-27-31-17-11-7-12-18-31/h6-20,33-34H,23-29H2,1-5H3. The van der Waals surface area contributed by atoms with Crippen LogP contribution in [0.5, 0.6) is 0 Å². The minimum atomic E-state index is -2.09. The zero-order chi connectivity index (χ0) is 29.7. The van der Waals surface area contributed by atoms with Crippen LogP contribution in [0.4, 0.5) is 0 Å². The predicted octanol–water partition coefficient (Wildman–Crippen LogP) is 8.49. The van der Waals surface area contributed by atoms with E-state index in [0.29, 0.717) is 25.7 Å². The Kier molecular flexibility index (Phi) is 9.42. The second-order valence-electron chi connectivity index (χ2n) is 13.4. The van der Waals surface area contributed by atoms with E-state index in [0.717, 1.165) is 36.8 Å². The van der Waals surface area contributed by atoms with Crippen LogP contribution in [0.15, 0.2) is 91.0 Å². The third-order valence-corrected chi connectivity index (χ3v) is 13.8. The number of ether oxygens (including phenoxy) is 3. The number of rotatable bonds is 8. The quantitative estimate of drug-likeness (QED) is 0.197. The number of hydrogen-bond acceptors (Lipinski definition) is 4. The van der Waals surface area contributed by atoms with Gasteiger partial charge in [-0.25, -0.2) is 0 Å². The molecule has 1 aliphatic carbocycles. The van der Waals surface area contributed by atoms with Crippen LogP contribution in [0, 0.1) is 11.8 Å². The summed E-state index contributed by atoms with van der Waals surface area (Å²) in [6.07, 6.45) is 3.19. The van der Waals surface area contributed by atoms with Gasteiger partial charge in [0.1, 0.15) is 0 Å². The van der Waals surface area contributed by atoms with Gasteiger partial charge in [-0.2, -0.15) is 0 Å². The first kappa shape index (κ1) is 30.7. The van der Waals surface area contributed by atoms with Crippen molar-refractivity contribution in [3.63, 3.8) is 0 Å². The molecule has 0 aromatic heterocycles. The molecule has 1 aliphatic heterocycles. The molecule has 1 saturated carbocycles. The first-order valence-electron chi connectivity index (χ1n) is 15.4. The van der Waals surface area contributed by atoms with E-state index in [1.54, 1.807) is 0 Å². The molecule has 2 fully saturated rings. The highest BCUT2D eigenvalue weighted by atomic mass is 28.4. The maximum Gasteiger partial charge on any atom is 0.192 e. The summed E-state index contributed by atoms with van der Waals surface area (Å²) in [5.74, 6) is 6.73. The van der Waals surface area contributed by atoms with E-state index in [-0.39, 0.29) is 5.04 Å². The lowest BCUT2D eigenvalue weighted by Crippen LogP contribution is -2.54. The Bertz CT molecular complexity index is 1330. The molecule has 1 spiro atoms. The van der Waals surface area contributed by atoms with Crippen LogP contribution >= 0.6 is 0 Å². The van der Waals surface area contributed by atoms with Crippen molar-refractivity contribution in [3.05, 3.63) is 108 Å². The molecule has 0 N–H and O–H groups in total. The summed E-state index contributed by atoms with van der Waals surface area (Å²) in [7, 11) is -2.09. The highest BCUT2D eigenvalue weighted by Gasteiger charge is 2.57. The van der Waals surface area contributed by atoms with Gasteiger partial charge in [0.25, 0.3) is 0 Å². The van der Waals surface area contributed by atoms with Crippen LogP contribution in [0.1, 0.15) is 69.1 Å². The Morgan fingerprint density at radius 1 is 0.881 bits per heavy atom. The van der Waals surface area contributed by atoms with Crippen molar-refractivity contribution in [3.8, 4) is 11.8 Å². The third kappa shape index (κ3) is 7.25. The lowest BCUT2D eigenvalue weighted by molar-refractivity contribution is -0.227. The minimum absolute atomic E-state index is 0.0647. The van der Waals surface area contributed by atoms with Gasteiger partial charge in [0.05, 0.1) is 19.8 Å². The van der Waals surface area contributed by atoms with Crippen molar-refractivity contribution < 1.29 is 18.6 Å². The molecule has 0 bridgehead atoms. The molecular formula is C37H46O4Si. The van der Waals surface area contributed by atoms with E-state index >= 15 is 0 Å². The monoisotopic (exact) mass is 582 g/mol. The summed E-state index contributed by atoms with van der Waals surface area (Å²) >= 11 is 0. The van der Waals surface area contributed by atoms with Gasteiger partial charge in [-0.3, -0.25) is 0 Å². The summed E-state index contributed by atoms with van der Waals surface area (Å²) in [4.78, 5) is 0. The normalized spacial score (nSPS) is 25.1. The van der Waals surface area contributed by atoms with Gasteiger partial charge >= 0.3 is 0 Å². The molecule has 2 unspecified atom stereocenters. The maximum atomic E-state index is 7.16. The molecule has 3 aromatic rings. The molecule has 1 saturated heterocycles. The van der Waals surface area contributed by atoms with E-state index < -0.39 is 25.8 Å². The lowest BCUT2D eigenvalue weighted by Gasteiger charge is -2.42. The summed E-state index contributed by atoms with van der Waals surface area (Å²) in [5.41, 5.74) is 2.60. The molecule has 2 atom stereocenters. The summed E-state index contributed by atoms with van der Waals surface area (Å²) in [5, 5.41) is 0.0647. The van der Waals surface area contributed by atoms with E-state index in [2.05, 4.69) is 88.2 Å². The Hall–Kier alpha value is -2.72. The van der Waals surface area contributed by atoms with E-state index in [1.165, 1.54) is 5.56 Å². The topological polar surface area (TPSA) is 36.9 Å². The van der Waals surface area contributed by atoms with Gasteiger partial charge in [0.2, 0.25) is 0 Å². The summed E-state index contributed by atoms with van der Waals surface area (Å²) in [6.45, 7) is 12.6. The molecule has 0 radical (unpaired) electrons. The molecule has 222 valence electrons. The zero-order valence-corrected chi connectivity index (χ0v) is 26.9. The van der Waals surface area contributed by atoms with Gasteiger partial charge in [-0.15, -0.1) is 0 Å². The molecule has 2 aliphatic rings. The fourth-order valence-corrected chi connectivity index (χ4v) is 6.63. The average Bonchev–Trinajstić information content (AvgIpc) is 3.36. The van der Waals surface area contributed by atoms with Gasteiger partial charge in [0, 0.05) is 18.4 Å². The maximum absolute atomic E-state index is 7.16. The smallest absolute Gasteiger partial charge is 0.192 e. The molecule has 4 nitrogen and oxygen atoms in total. The van der Waals surface area contributed by atoms with E-state index in [9.17, 15) is 0 Å². The predicted molar refractivity (Wildman–Crippen MR) is 172 cm³/mol. The van der Waals surface area contributed by atoms with Crippen molar-refractivity contribution >= 4 is 8.32 Å². The Labute approximate surface area is 253 Å².